The lowest BCUT2D eigenvalue weighted by Crippen LogP contribution is -2.12. The molecule has 5 heteroatoms. The lowest BCUT2D eigenvalue weighted by Gasteiger charge is -2.11. The highest BCUT2D eigenvalue weighted by Crippen LogP contribution is 2.18. The number of nitrogens with two attached hydrogens (primary N) is 1. The molecule has 0 aliphatic rings. The Hall–Kier alpha value is -2.53. The van der Waals surface area contributed by atoms with Gasteiger partial charge in [0.15, 0.2) is 0 Å². The van der Waals surface area contributed by atoms with Crippen LogP contribution in [0, 0.1) is 0 Å². The minimum atomic E-state index is -0.575. The highest BCUT2D eigenvalue weighted by molar-refractivity contribution is 5.80. The second kappa shape index (κ2) is 5.22. The molecule has 5 N–H and O–H groups in total. The molecule has 0 spiro atoms. The summed E-state index contributed by atoms with van der Waals surface area (Å²) in [6.45, 7) is 0.388. The third-order valence-electron chi connectivity index (χ3n) is 3.15. The Morgan fingerprint density at radius 2 is 2.00 bits per heavy atom. The summed E-state index contributed by atoms with van der Waals surface area (Å²) >= 11 is 0. The molecular formula is C15H16N4O. The number of hydrogen-bond donors (Lipinski definition) is 4. The average Bonchev–Trinajstić information content (AvgIpc) is 2.87. The monoisotopic (exact) mass is 268 g/mol. The van der Waals surface area contributed by atoms with Crippen molar-refractivity contribution in [2.45, 2.75) is 6.10 Å². The molecule has 5 nitrogen and oxygen atoms in total. The van der Waals surface area contributed by atoms with Crippen molar-refractivity contribution >= 4 is 22.7 Å². The van der Waals surface area contributed by atoms with E-state index in [0.29, 0.717) is 18.2 Å². The number of rotatable bonds is 4. The van der Waals surface area contributed by atoms with Crippen molar-refractivity contribution in [3.05, 3.63) is 54.1 Å². The summed E-state index contributed by atoms with van der Waals surface area (Å²) in [7, 11) is 0. The van der Waals surface area contributed by atoms with Crippen LogP contribution >= 0.6 is 0 Å². The molecule has 3 rings (SSSR count). The van der Waals surface area contributed by atoms with Gasteiger partial charge in [-0.2, -0.15) is 0 Å². The van der Waals surface area contributed by atoms with Crippen molar-refractivity contribution < 1.29 is 5.11 Å². The zero-order valence-corrected chi connectivity index (χ0v) is 10.9. The molecule has 102 valence electrons. The Morgan fingerprint density at radius 3 is 2.80 bits per heavy atom. The van der Waals surface area contributed by atoms with Crippen LogP contribution in [0.25, 0.3) is 11.0 Å². The van der Waals surface area contributed by atoms with Gasteiger partial charge in [0.2, 0.25) is 5.95 Å². The Kier molecular flexibility index (Phi) is 3.26. The maximum absolute atomic E-state index is 10.1. The van der Waals surface area contributed by atoms with Gasteiger partial charge in [0.1, 0.15) is 0 Å². The normalized spacial score (nSPS) is 12.4. The third-order valence-corrected chi connectivity index (χ3v) is 3.15. The van der Waals surface area contributed by atoms with E-state index in [2.05, 4.69) is 15.3 Å². The third kappa shape index (κ3) is 2.57. The molecule has 2 aromatic carbocycles. The molecule has 1 heterocycles. The maximum atomic E-state index is 10.1. The molecule has 0 saturated carbocycles. The number of fused-ring (bicyclic) bond motifs is 1. The molecule has 0 aliphatic carbocycles. The Bertz CT molecular complexity index is 708. The first-order chi connectivity index (χ1) is 9.72. The molecule has 0 saturated heterocycles. The van der Waals surface area contributed by atoms with Gasteiger partial charge < -0.3 is 21.1 Å². The van der Waals surface area contributed by atoms with E-state index in [4.69, 9.17) is 5.73 Å². The minimum absolute atomic E-state index is 0.388. The number of imidazole rings is 1. The zero-order chi connectivity index (χ0) is 13.9. The lowest BCUT2D eigenvalue weighted by molar-refractivity contribution is 0.191. The van der Waals surface area contributed by atoms with E-state index in [1.54, 1.807) is 0 Å². The van der Waals surface area contributed by atoms with Gasteiger partial charge in [0.05, 0.1) is 17.1 Å². The fourth-order valence-electron chi connectivity index (χ4n) is 2.10. The van der Waals surface area contributed by atoms with E-state index >= 15 is 0 Å². The molecule has 3 aromatic rings. The van der Waals surface area contributed by atoms with Crippen LogP contribution < -0.4 is 11.1 Å². The smallest absolute Gasteiger partial charge is 0.201 e. The largest absolute Gasteiger partial charge is 0.399 e. The molecule has 0 bridgehead atoms. The maximum Gasteiger partial charge on any atom is 0.201 e. The number of nitrogen functional groups attached to an aromatic ring is 1. The van der Waals surface area contributed by atoms with Gasteiger partial charge in [0.25, 0.3) is 0 Å². The highest BCUT2D eigenvalue weighted by atomic mass is 16.3. The number of aliphatic hydroxyl groups excluding tert-OH is 1. The fraction of sp³-hybridized carbons (Fsp3) is 0.133. The first kappa shape index (κ1) is 12.5. The molecule has 0 aliphatic heterocycles. The van der Waals surface area contributed by atoms with Crippen molar-refractivity contribution in [3.8, 4) is 0 Å². The van der Waals surface area contributed by atoms with Crippen LogP contribution in [0.1, 0.15) is 11.7 Å². The summed E-state index contributed by atoms with van der Waals surface area (Å²) in [4.78, 5) is 7.52. The van der Waals surface area contributed by atoms with E-state index < -0.39 is 6.10 Å². The van der Waals surface area contributed by atoms with Crippen LogP contribution in [-0.4, -0.2) is 21.6 Å². The first-order valence-electron chi connectivity index (χ1n) is 6.44. The van der Waals surface area contributed by atoms with Gasteiger partial charge in [-0.25, -0.2) is 4.98 Å². The van der Waals surface area contributed by atoms with Gasteiger partial charge >= 0.3 is 0 Å². The summed E-state index contributed by atoms with van der Waals surface area (Å²) in [5, 5.41) is 13.2. The summed E-state index contributed by atoms with van der Waals surface area (Å²) in [5.41, 5.74) is 9.01. The van der Waals surface area contributed by atoms with Gasteiger partial charge in [0, 0.05) is 12.2 Å². The summed E-state index contributed by atoms with van der Waals surface area (Å²) in [6, 6.07) is 15.0. The molecular weight excluding hydrogens is 252 g/mol. The first-order valence-corrected chi connectivity index (χ1v) is 6.44. The number of benzene rings is 2. The summed E-state index contributed by atoms with van der Waals surface area (Å²) in [6.07, 6.45) is -0.575. The SMILES string of the molecule is Nc1ccc2nc(NCC(O)c3ccccc3)[nH]c2c1. The van der Waals surface area contributed by atoms with Crippen molar-refractivity contribution in [1.29, 1.82) is 0 Å². The molecule has 1 unspecified atom stereocenters. The Balaban J connectivity index is 1.71. The van der Waals surface area contributed by atoms with E-state index in [0.717, 1.165) is 16.6 Å². The van der Waals surface area contributed by atoms with Gasteiger partial charge in [-0.3, -0.25) is 0 Å². The number of H-pyrrole nitrogens is 1. The second-order valence-electron chi connectivity index (χ2n) is 4.67. The zero-order valence-electron chi connectivity index (χ0n) is 10.9. The highest BCUT2D eigenvalue weighted by Gasteiger charge is 2.08. The molecule has 20 heavy (non-hydrogen) atoms. The van der Waals surface area contributed by atoms with E-state index in [9.17, 15) is 5.11 Å². The number of nitrogens with zero attached hydrogens (tertiary/aromatic N) is 1. The van der Waals surface area contributed by atoms with Crippen molar-refractivity contribution in [1.82, 2.24) is 9.97 Å². The molecule has 1 atom stereocenters. The number of nitrogens with one attached hydrogen (secondary N) is 2. The Morgan fingerprint density at radius 1 is 1.20 bits per heavy atom. The number of anilines is 2. The standard InChI is InChI=1S/C15H16N4O/c16-11-6-7-12-13(8-11)19-15(18-12)17-9-14(20)10-4-2-1-3-5-10/h1-8,14,20H,9,16H2,(H2,17,18,19). The molecule has 0 amide bonds. The lowest BCUT2D eigenvalue weighted by atomic mass is 10.1. The number of aromatic nitrogens is 2. The fourth-order valence-corrected chi connectivity index (χ4v) is 2.10. The van der Waals surface area contributed by atoms with E-state index in [1.165, 1.54) is 0 Å². The predicted molar refractivity (Wildman–Crippen MR) is 80.4 cm³/mol. The van der Waals surface area contributed by atoms with Crippen LogP contribution in [0.4, 0.5) is 11.6 Å². The summed E-state index contributed by atoms with van der Waals surface area (Å²) < 4.78 is 0. The van der Waals surface area contributed by atoms with Crippen LogP contribution in [-0.2, 0) is 0 Å². The molecule has 0 radical (unpaired) electrons. The molecule has 0 fully saturated rings. The number of hydrogen-bond acceptors (Lipinski definition) is 4. The van der Waals surface area contributed by atoms with E-state index in [-0.39, 0.29) is 0 Å². The van der Waals surface area contributed by atoms with Crippen LogP contribution in [0.2, 0.25) is 0 Å². The average molecular weight is 268 g/mol. The Labute approximate surface area is 116 Å². The van der Waals surface area contributed by atoms with Crippen molar-refractivity contribution in [2.75, 3.05) is 17.6 Å². The van der Waals surface area contributed by atoms with Gasteiger partial charge in [-0.1, -0.05) is 30.3 Å². The summed E-state index contributed by atoms with van der Waals surface area (Å²) in [5.74, 6) is 0.626. The molecule has 1 aromatic heterocycles. The second-order valence-corrected chi connectivity index (χ2v) is 4.67. The number of aromatic amines is 1. The van der Waals surface area contributed by atoms with Crippen LogP contribution in [0.5, 0.6) is 0 Å². The van der Waals surface area contributed by atoms with Crippen LogP contribution in [0.3, 0.4) is 0 Å². The van der Waals surface area contributed by atoms with E-state index in [1.807, 2.05) is 48.5 Å². The topological polar surface area (TPSA) is 87.0 Å². The predicted octanol–water partition coefficient (Wildman–Crippen LogP) is 2.29. The van der Waals surface area contributed by atoms with Gasteiger partial charge in [-0.15, -0.1) is 0 Å². The van der Waals surface area contributed by atoms with Crippen molar-refractivity contribution in [3.63, 3.8) is 0 Å². The van der Waals surface area contributed by atoms with Crippen LogP contribution in [0.15, 0.2) is 48.5 Å². The minimum Gasteiger partial charge on any atom is -0.399 e. The van der Waals surface area contributed by atoms with Crippen molar-refractivity contribution in [2.24, 2.45) is 0 Å². The number of aliphatic hydroxyl groups is 1. The van der Waals surface area contributed by atoms with Gasteiger partial charge in [-0.05, 0) is 23.8 Å². The quantitative estimate of drug-likeness (QED) is 0.547.